The zero-order valence-corrected chi connectivity index (χ0v) is 11.9. The second-order valence-corrected chi connectivity index (χ2v) is 5.15. The van der Waals surface area contributed by atoms with Crippen molar-refractivity contribution in [2.24, 2.45) is 0 Å². The van der Waals surface area contributed by atoms with E-state index in [-0.39, 0.29) is 19.3 Å². The summed E-state index contributed by atoms with van der Waals surface area (Å²) in [6, 6.07) is 0. The van der Waals surface area contributed by atoms with Gasteiger partial charge in [-0.1, -0.05) is 6.92 Å². The van der Waals surface area contributed by atoms with Crippen LogP contribution in [0.1, 0.15) is 41.0 Å². The SMILES string of the molecule is CC[C@H](C)OC/C(=C/F)CNC(=O)OC(C)(C)C. The van der Waals surface area contributed by atoms with Gasteiger partial charge in [0, 0.05) is 12.1 Å². The topological polar surface area (TPSA) is 47.6 Å². The van der Waals surface area contributed by atoms with Crippen LogP contribution in [0, 0.1) is 0 Å². The fourth-order valence-electron chi connectivity index (χ4n) is 0.988. The lowest BCUT2D eigenvalue weighted by Gasteiger charge is -2.20. The Morgan fingerprint density at radius 2 is 2.06 bits per heavy atom. The molecule has 0 aromatic rings. The third kappa shape index (κ3) is 8.98. The largest absolute Gasteiger partial charge is 0.444 e. The molecule has 0 saturated heterocycles. The van der Waals surface area contributed by atoms with Gasteiger partial charge in [-0.15, -0.1) is 0 Å². The lowest BCUT2D eigenvalue weighted by atomic mass is 10.2. The molecular weight excluding hydrogens is 237 g/mol. The Balaban J connectivity index is 3.98. The fraction of sp³-hybridized carbons (Fsp3) is 0.769. The van der Waals surface area contributed by atoms with Crippen LogP contribution in [0.2, 0.25) is 0 Å². The lowest BCUT2D eigenvalue weighted by molar-refractivity contribution is 0.0523. The maximum Gasteiger partial charge on any atom is 0.407 e. The van der Waals surface area contributed by atoms with Crippen molar-refractivity contribution in [2.45, 2.75) is 52.7 Å². The average Bonchev–Trinajstić information content (AvgIpc) is 2.26. The highest BCUT2D eigenvalue weighted by Crippen LogP contribution is 2.07. The molecule has 1 N–H and O–H groups in total. The number of hydrogen-bond donors (Lipinski definition) is 1. The van der Waals surface area contributed by atoms with E-state index in [4.69, 9.17) is 9.47 Å². The molecule has 0 unspecified atom stereocenters. The summed E-state index contributed by atoms with van der Waals surface area (Å²) < 4.78 is 23.0. The molecule has 4 nitrogen and oxygen atoms in total. The highest BCUT2D eigenvalue weighted by atomic mass is 19.1. The van der Waals surface area contributed by atoms with Crippen LogP contribution in [-0.4, -0.2) is 30.9 Å². The molecule has 0 aromatic carbocycles. The Kier molecular flexibility index (Phi) is 7.59. The van der Waals surface area contributed by atoms with Gasteiger partial charge in [-0.25, -0.2) is 9.18 Å². The minimum absolute atomic E-state index is 0.0708. The van der Waals surface area contributed by atoms with Gasteiger partial charge in [0.15, 0.2) is 0 Å². The van der Waals surface area contributed by atoms with E-state index >= 15 is 0 Å². The normalized spacial score (nSPS) is 14.2. The second-order valence-electron chi connectivity index (χ2n) is 5.15. The zero-order chi connectivity index (χ0) is 14.2. The zero-order valence-electron chi connectivity index (χ0n) is 11.9. The smallest absolute Gasteiger partial charge is 0.407 e. The van der Waals surface area contributed by atoms with Gasteiger partial charge in [0.1, 0.15) is 5.60 Å². The summed E-state index contributed by atoms with van der Waals surface area (Å²) in [5.74, 6) is 0. The van der Waals surface area contributed by atoms with Crippen LogP contribution in [0.5, 0.6) is 0 Å². The molecule has 0 spiro atoms. The molecule has 0 bridgehead atoms. The molecule has 0 rings (SSSR count). The predicted molar refractivity (Wildman–Crippen MR) is 69.1 cm³/mol. The van der Waals surface area contributed by atoms with E-state index in [0.717, 1.165) is 6.42 Å². The molecule has 0 fully saturated rings. The van der Waals surface area contributed by atoms with E-state index in [9.17, 15) is 9.18 Å². The molecule has 0 radical (unpaired) electrons. The van der Waals surface area contributed by atoms with Gasteiger partial charge < -0.3 is 14.8 Å². The van der Waals surface area contributed by atoms with Gasteiger partial charge in [-0.2, -0.15) is 0 Å². The third-order valence-electron chi connectivity index (χ3n) is 2.14. The number of nitrogens with one attached hydrogen (secondary N) is 1. The number of rotatable bonds is 6. The van der Waals surface area contributed by atoms with Gasteiger partial charge in [-0.05, 0) is 34.1 Å². The summed E-state index contributed by atoms with van der Waals surface area (Å²) in [5, 5.41) is 2.48. The minimum Gasteiger partial charge on any atom is -0.444 e. The maximum absolute atomic E-state index is 12.6. The van der Waals surface area contributed by atoms with Crippen LogP contribution < -0.4 is 5.32 Å². The first-order valence-electron chi connectivity index (χ1n) is 6.15. The summed E-state index contributed by atoms with van der Waals surface area (Å²) >= 11 is 0. The first kappa shape index (κ1) is 16.9. The van der Waals surface area contributed by atoms with Crippen LogP contribution >= 0.6 is 0 Å². The second kappa shape index (κ2) is 8.08. The Morgan fingerprint density at radius 3 is 2.50 bits per heavy atom. The molecular formula is C13H24FNO3. The van der Waals surface area contributed by atoms with E-state index in [1.54, 1.807) is 20.8 Å². The van der Waals surface area contributed by atoms with Gasteiger partial charge in [-0.3, -0.25) is 0 Å². The molecule has 18 heavy (non-hydrogen) atoms. The molecule has 0 aliphatic carbocycles. The minimum atomic E-state index is -0.564. The van der Waals surface area contributed by atoms with E-state index in [2.05, 4.69) is 5.32 Å². The molecule has 0 aliphatic heterocycles. The maximum atomic E-state index is 12.6. The Hall–Kier alpha value is -1.10. The number of ether oxygens (including phenoxy) is 2. The van der Waals surface area contributed by atoms with Gasteiger partial charge in [0.25, 0.3) is 0 Å². The van der Waals surface area contributed by atoms with E-state index in [1.807, 2.05) is 13.8 Å². The molecule has 1 atom stereocenters. The molecule has 0 aromatic heterocycles. The summed E-state index contributed by atoms with van der Waals surface area (Å²) in [6.45, 7) is 9.46. The van der Waals surface area contributed by atoms with Crippen LogP contribution in [-0.2, 0) is 9.47 Å². The van der Waals surface area contributed by atoms with Gasteiger partial charge in [0.2, 0.25) is 0 Å². The summed E-state index contributed by atoms with van der Waals surface area (Å²) in [4.78, 5) is 11.3. The Labute approximate surface area is 109 Å². The quantitative estimate of drug-likeness (QED) is 0.798. The lowest BCUT2D eigenvalue weighted by Crippen LogP contribution is -2.34. The summed E-state index contributed by atoms with van der Waals surface area (Å²) in [5.41, 5.74) is -0.183. The number of alkyl carbamates (subject to hydrolysis) is 1. The molecule has 1 amide bonds. The van der Waals surface area contributed by atoms with Crippen molar-refractivity contribution in [1.29, 1.82) is 0 Å². The fourth-order valence-corrected chi connectivity index (χ4v) is 0.988. The van der Waals surface area contributed by atoms with E-state index < -0.39 is 11.7 Å². The van der Waals surface area contributed by atoms with Gasteiger partial charge >= 0.3 is 6.09 Å². The highest BCUT2D eigenvalue weighted by molar-refractivity contribution is 5.68. The van der Waals surface area contributed by atoms with Crippen LogP contribution in [0.15, 0.2) is 11.9 Å². The molecule has 0 aliphatic rings. The average molecular weight is 261 g/mol. The van der Waals surface area contributed by atoms with Crippen molar-refractivity contribution in [2.75, 3.05) is 13.2 Å². The van der Waals surface area contributed by atoms with Crippen LogP contribution in [0.4, 0.5) is 9.18 Å². The van der Waals surface area contributed by atoms with Crippen molar-refractivity contribution in [3.05, 3.63) is 11.9 Å². The van der Waals surface area contributed by atoms with Crippen molar-refractivity contribution in [1.82, 2.24) is 5.32 Å². The van der Waals surface area contributed by atoms with E-state index in [0.29, 0.717) is 11.9 Å². The third-order valence-corrected chi connectivity index (χ3v) is 2.14. The Bertz CT molecular complexity index is 284. The van der Waals surface area contributed by atoms with Crippen molar-refractivity contribution in [3.63, 3.8) is 0 Å². The monoisotopic (exact) mass is 261 g/mol. The highest BCUT2D eigenvalue weighted by Gasteiger charge is 2.16. The van der Waals surface area contributed by atoms with Crippen molar-refractivity contribution < 1.29 is 18.7 Å². The molecule has 5 heteroatoms. The molecule has 106 valence electrons. The van der Waals surface area contributed by atoms with Crippen LogP contribution in [0.25, 0.3) is 0 Å². The Morgan fingerprint density at radius 1 is 1.44 bits per heavy atom. The first-order valence-corrected chi connectivity index (χ1v) is 6.15. The first-order chi connectivity index (χ1) is 8.28. The predicted octanol–water partition coefficient (Wildman–Crippen LogP) is 3.18. The van der Waals surface area contributed by atoms with Crippen molar-refractivity contribution >= 4 is 6.09 Å². The van der Waals surface area contributed by atoms with Gasteiger partial charge in [0.05, 0.1) is 19.0 Å². The van der Waals surface area contributed by atoms with Crippen LogP contribution in [0.3, 0.4) is 0 Å². The van der Waals surface area contributed by atoms with E-state index in [1.165, 1.54) is 0 Å². The number of carbonyl (C=O) groups is 1. The summed E-state index contributed by atoms with van der Waals surface area (Å²) in [7, 11) is 0. The van der Waals surface area contributed by atoms with Crippen molar-refractivity contribution in [3.8, 4) is 0 Å². The molecule has 0 heterocycles. The number of halogens is 1. The molecule has 0 saturated carbocycles. The number of carbonyl (C=O) groups excluding carboxylic acids is 1. The summed E-state index contributed by atoms with van der Waals surface area (Å²) in [6.07, 6.45) is 0.825. The number of hydrogen-bond acceptors (Lipinski definition) is 3. The standard InChI is InChI=1S/C13H24FNO3/c1-6-10(2)17-9-11(7-14)8-15-12(16)18-13(3,4)5/h7,10H,6,8-9H2,1-5H3,(H,15,16)/b11-7+/t10-/m0/s1. The number of amides is 1.